The summed E-state index contributed by atoms with van der Waals surface area (Å²) in [5, 5.41) is 5.04. The summed E-state index contributed by atoms with van der Waals surface area (Å²) in [5.74, 6) is 0. The number of hydrogen-bond acceptors (Lipinski definition) is 0. The molecular formula is C65H46N2. The van der Waals surface area contributed by atoms with Crippen molar-refractivity contribution in [3.05, 3.63) is 264 Å². The Morgan fingerprint density at radius 1 is 0.343 bits per heavy atom. The molecule has 0 aliphatic heterocycles. The molecule has 0 saturated heterocycles. The molecule has 67 heavy (non-hydrogen) atoms. The molecule has 2 heteroatoms. The SMILES string of the molecule is CC1(C)c2cc(-c3ccc(/C=C(\c4ccccc4)c4ccc5c(c4)c4ccccc4n5-c4ccccc4)cc3)ccc2-c2ccc(-c3ccc4c(c3)c3ccccc3n4-c3ccccc3)cc21. The molecule has 10 aromatic carbocycles. The second-order valence-electron chi connectivity index (χ2n) is 18.5. The van der Waals surface area contributed by atoms with E-state index in [2.05, 4.69) is 266 Å². The number of fused-ring (bicyclic) bond motifs is 9. The molecule has 0 unspecified atom stereocenters. The van der Waals surface area contributed by atoms with Crippen molar-refractivity contribution in [2.75, 3.05) is 0 Å². The van der Waals surface area contributed by atoms with Crippen LogP contribution in [0.5, 0.6) is 0 Å². The molecule has 0 amide bonds. The van der Waals surface area contributed by atoms with Gasteiger partial charge in [-0.05, 0) is 146 Å². The second-order valence-corrected chi connectivity index (χ2v) is 18.5. The van der Waals surface area contributed by atoms with Gasteiger partial charge in [-0.1, -0.05) is 178 Å². The lowest BCUT2D eigenvalue weighted by atomic mass is 9.81. The van der Waals surface area contributed by atoms with Gasteiger partial charge in [-0.25, -0.2) is 0 Å². The summed E-state index contributed by atoms with van der Waals surface area (Å²) in [4.78, 5) is 0. The molecular weight excluding hydrogens is 809 g/mol. The van der Waals surface area contributed by atoms with Crippen LogP contribution in [0.2, 0.25) is 0 Å². The molecule has 0 spiro atoms. The van der Waals surface area contributed by atoms with E-state index in [0.717, 1.165) is 0 Å². The Hall–Kier alpha value is -8.46. The Balaban J connectivity index is 0.830. The molecule has 0 saturated carbocycles. The van der Waals surface area contributed by atoms with Gasteiger partial charge in [-0.2, -0.15) is 0 Å². The third-order valence-electron chi connectivity index (χ3n) is 14.3. The second kappa shape index (κ2) is 15.3. The molecule has 0 fully saturated rings. The van der Waals surface area contributed by atoms with Gasteiger partial charge in [0.2, 0.25) is 0 Å². The largest absolute Gasteiger partial charge is 0.309 e. The van der Waals surface area contributed by atoms with Gasteiger partial charge in [0.05, 0.1) is 22.1 Å². The fraction of sp³-hybridized carbons (Fsp3) is 0.0462. The average Bonchev–Trinajstić information content (AvgIpc) is 3.98. The topological polar surface area (TPSA) is 9.86 Å². The zero-order valence-corrected chi connectivity index (χ0v) is 37.5. The van der Waals surface area contributed by atoms with Crippen LogP contribution in [0.15, 0.2) is 237 Å². The standard InChI is InChI=1S/C65H46N2/c1-65(2)59-41-47(30-34-52(59)53-35-31-48(42-60(53)65)46-32-36-63-57(39-46)54-22-12-14-24-61(54)66(63)50-18-8-4-9-19-50)44-28-26-43(27-29-44)38-56(45-16-6-3-7-17-45)49-33-37-64-58(40-49)55-23-13-15-25-62(55)67(64)51-20-10-5-11-21-51/h3-42H,1-2H3/b56-38+. The highest BCUT2D eigenvalue weighted by molar-refractivity contribution is 6.12. The van der Waals surface area contributed by atoms with Crippen LogP contribution in [-0.4, -0.2) is 9.13 Å². The molecule has 1 aliphatic carbocycles. The third kappa shape index (κ3) is 6.32. The maximum absolute atomic E-state index is 2.44. The fourth-order valence-electron chi connectivity index (χ4n) is 11.0. The summed E-state index contributed by atoms with van der Waals surface area (Å²) in [6, 6.07) is 86.9. The quantitative estimate of drug-likeness (QED) is 0.141. The Kier molecular flexibility index (Phi) is 8.91. The van der Waals surface area contributed by atoms with Crippen LogP contribution in [0.1, 0.15) is 41.7 Å². The van der Waals surface area contributed by atoms with E-state index in [9.17, 15) is 0 Å². The van der Waals surface area contributed by atoms with E-state index in [1.54, 1.807) is 0 Å². The fourth-order valence-corrected chi connectivity index (χ4v) is 11.0. The minimum absolute atomic E-state index is 0.161. The predicted molar refractivity (Wildman–Crippen MR) is 283 cm³/mol. The van der Waals surface area contributed by atoms with Crippen molar-refractivity contribution >= 4 is 55.3 Å². The first-order valence-corrected chi connectivity index (χ1v) is 23.3. The highest BCUT2D eigenvalue weighted by Crippen LogP contribution is 2.51. The summed E-state index contributed by atoms with van der Waals surface area (Å²) in [6.07, 6.45) is 2.34. The first-order valence-electron chi connectivity index (χ1n) is 23.3. The monoisotopic (exact) mass is 854 g/mol. The van der Waals surface area contributed by atoms with Crippen molar-refractivity contribution in [2.45, 2.75) is 19.3 Å². The summed E-state index contributed by atoms with van der Waals surface area (Å²) in [6.45, 7) is 4.77. The van der Waals surface area contributed by atoms with Crippen molar-refractivity contribution < 1.29 is 0 Å². The zero-order valence-electron chi connectivity index (χ0n) is 37.5. The summed E-state index contributed by atoms with van der Waals surface area (Å²) < 4.78 is 4.76. The van der Waals surface area contributed by atoms with Crippen molar-refractivity contribution in [1.82, 2.24) is 9.13 Å². The minimum Gasteiger partial charge on any atom is -0.309 e. The smallest absolute Gasteiger partial charge is 0.0541 e. The van der Waals surface area contributed by atoms with Crippen LogP contribution in [-0.2, 0) is 5.41 Å². The van der Waals surface area contributed by atoms with Crippen LogP contribution in [0.4, 0.5) is 0 Å². The van der Waals surface area contributed by atoms with Gasteiger partial charge < -0.3 is 9.13 Å². The van der Waals surface area contributed by atoms with Crippen LogP contribution >= 0.6 is 0 Å². The van der Waals surface area contributed by atoms with Gasteiger partial charge in [0, 0.05) is 38.3 Å². The molecule has 316 valence electrons. The van der Waals surface area contributed by atoms with Gasteiger partial charge in [0.1, 0.15) is 0 Å². The normalized spacial score (nSPS) is 13.1. The van der Waals surface area contributed by atoms with E-state index in [1.807, 2.05) is 0 Å². The summed E-state index contributed by atoms with van der Waals surface area (Å²) >= 11 is 0. The molecule has 0 N–H and O–H groups in total. The Morgan fingerprint density at radius 2 is 0.776 bits per heavy atom. The molecule has 1 aliphatic rings. The van der Waals surface area contributed by atoms with Crippen molar-refractivity contribution in [3.8, 4) is 44.8 Å². The maximum Gasteiger partial charge on any atom is 0.0541 e. The maximum atomic E-state index is 2.44. The lowest BCUT2D eigenvalue weighted by molar-refractivity contribution is 0.661. The number of nitrogens with zero attached hydrogens (tertiary/aromatic N) is 2. The van der Waals surface area contributed by atoms with Crippen LogP contribution in [0.25, 0.3) is 100 Å². The molecule has 2 aromatic heterocycles. The lowest BCUT2D eigenvalue weighted by Crippen LogP contribution is -2.15. The number of para-hydroxylation sites is 4. The first-order chi connectivity index (χ1) is 33.0. The van der Waals surface area contributed by atoms with Crippen LogP contribution in [0, 0.1) is 0 Å². The molecule has 13 rings (SSSR count). The van der Waals surface area contributed by atoms with E-state index in [-0.39, 0.29) is 5.41 Å². The van der Waals surface area contributed by atoms with E-state index >= 15 is 0 Å². The van der Waals surface area contributed by atoms with E-state index in [4.69, 9.17) is 0 Å². The van der Waals surface area contributed by atoms with E-state index < -0.39 is 0 Å². The molecule has 0 bridgehead atoms. The van der Waals surface area contributed by atoms with Gasteiger partial charge >= 0.3 is 0 Å². The minimum atomic E-state index is -0.161. The summed E-state index contributed by atoms with van der Waals surface area (Å²) in [5.41, 5.74) is 22.1. The van der Waals surface area contributed by atoms with Crippen LogP contribution in [0.3, 0.4) is 0 Å². The molecule has 0 radical (unpaired) electrons. The Labute approximate surface area is 391 Å². The zero-order chi connectivity index (χ0) is 44.6. The number of rotatable bonds is 7. The van der Waals surface area contributed by atoms with Crippen molar-refractivity contribution in [2.24, 2.45) is 0 Å². The molecule has 0 atom stereocenters. The van der Waals surface area contributed by atoms with Gasteiger partial charge in [-0.15, -0.1) is 0 Å². The number of aromatic nitrogens is 2. The molecule has 2 nitrogen and oxygen atoms in total. The van der Waals surface area contributed by atoms with Crippen LogP contribution < -0.4 is 0 Å². The third-order valence-corrected chi connectivity index (χ3v) is 14.3. The average molecular weight is 855 g/mol. The highest BCUT2D eigenvalue weighted by atomic mass is 15.0. The van der Waals surface area contributed by atoms with Crippen molar-refractivity contribution in [1.29, 1.82) is 0 Å². The number of hydrogen-bond donors (Lipinski definition) is 0. The van der Waals surface area contributed by atoms with Gasteiger partial charge in [0.25, 0.3) is 0 Å². The molecule has 2 heterocycles. The highest BCUT2D eigenvalue weighted by Gasteiger charge is 2.36. The van der Waals surface area contributed by atoms with Gasteiger partial charge in [-0.3, -0.25) is 0 Å². The number of benzene rings is 10. The Bertz CT molecular complexity index is 3900. The summed E-state index contributed by atoms with van der Waals surface area (Å²) in [7, 11) is 0. The Morgan fingerprint density at radius 3 is 1.36 bits per heavy atom. The first kappa shape index (κ1) is 39.0. The van der Waals surface area contributed by atoms with E-state index in [1.165, 1.54) is 122 Å². The predicted octanol–water partition coefficient (Wildman–Crippen LogP) is 17.1. The lowest BCUT2D eigenvalue weighted by Gasteiger charge is -2.22. The van der Waals surface area contributed by atoms with Gasteiger partial charge in [0.15, 0.2) is 0 Å². The molecule has 12 aromatic rings. The van der Waals surface area contributed by atoms with E-state index in [0.29, 0.717) is 0 Å². The van der Waals surface area contributed by atoms with Crippen molar-refractivity contribution in [3.63, 3.8) is 0 Å².